The molecule has 1 amide bonds. The van der Waals surface area contributed by atoms with Crippen molar-refractivity contribution in [1.82, 2.24) is 5.32 Å². The zero-order valence-corrected chi connectivity index (χ0v) is 14.5. The Morgan fingerprint density at radius 3 is 2.60 bits per heavy atom. The van der Waals surface area contributed by atoms with E-state index in [2.05, 4.69) is 10.0 Å². The molecule has 2 aromatic carbocycles. The molecule has 0 saturated heterocycles. The van der Waals surface area contributed by atoms with Gasteiger partial charge in [-0.25, -0.2) is 8.42 Å². The molecule has 0 saturated carbocycles. The highest BCUT2D eigenvalue weighted by Gasteiger charge is 2.25. The molecule has 3 rings (SSSR count). The summed E-state index contributed by atoms with van der Waals surface area (Å²) in [5.41, 5.74) is 2.62. The predicted molar refractivity (Wildman–Crippen MR) is 95.5 cm³/mol. The van der Waals surface area contributed by atoms with Crippen LogP contribution in [-0.4, -0.2) is 26.6 Å². The SMILES string of the molecule is O=C(CC1OCc2ccccc21)NCCS(=O)(=O)Nc1ccccc1. The minimum Gasteiger partial charge on any atom is -0.368 e. The average molecular weight is 360 g/mol. The summed E-state index contributed by atoms with van der Waals surface area (Å²) in [4.78, 5) is 12.0. The molecule has 0 fully saturated rings. The Balaban J connectivity index is 1.45. The normalized spacial score (nSPS) is 16.2. The zero-order valence-electron chi connectivity index (χ0n) is 13.6. The highest BCUT2D eigenvalue weighted by atomic mass is 32.2. The molecule has 0 bridgehead atoms. The third-order valence-electron chi connectivity index (χ3n) is 3.95. The van der Waals surface area contributed by atoms with Gasteiger partial charge in [-0.05, 0) is 23.3 Å². The third kappa shape index (κ3) is 4.80. The summed E-state index contributed by atoms with van der Waals surface area (Å²) in [6.45, 7) is 0.554. The first-order valence-electron chi connectivity index (χ1n) is 8.05. The van der Waals surface area contributed by atoms with Gasteiger partial charge in [-0.1, -0.05) is 42.5 Å². The number of fused-ring (bicyclic) bond motifs is 1. The van der Waals surface area contributed by atoms with E-state index < -0.39 is 10.0 Å². The Hall–Kier alpha value is -2.38. The quantitative estimate of drug-likeness (QED) is 0.793. The lowest BCUT2D eigenvalue weighted by Gasteiger charge is -2.12. The van der Waals surface area contributed by atoms with Gasteiger partial charge in [-0.15, -0.1) is 0 Å². The molecule has 7 heteroatoms. The number of sulfonamides is 1. The van der Waals surface area contributed by atoms with Gasteiger partial charge in [0.2, 0.25) is 15.9 Å². The minimum atomic E-state index is -3.50. The molecular weight excluding hydrogens is 340 g/mol. The zero-order chi connectivity index (χ0) is 17.7. The maximum Gasteiger partial charge on any atom is 0.234 e. The van der Waals surface area contributed by atoms with Crippen molar-refractivity contribution in [2.24, 2.45) is 0 Å². The first-order chi connectivity index (χ1) is 12.0. The maximum absolute atomic E-state index is 12.0. The molecule has 132 valence electrons. The molecule has 2 N–H and O–H groups in total. The second kappa shape index (κ2) is 7.67. The van der Waals surface area contributed by atoms with E-state index in [0.29, 0.717) is 12.3 Å². The lowest BCUT2D eigenvalue weighted by atomic mass is 10.0. The molecule has 0 aliphatic carbocycles. The Bertz CT molecular complexity index is 837. The van der Waals surface area contributed by atoms with Crippen LogP contribution < -0.4 is 10.0 Å². The Kier molecular flexibility index (Phi) is 5.35. The van der Waals surface area contributed by atoms with Crippen molar-refractivity contribution in [3.05, 3.63) is 65.7 Å². The molecule has 1 aliphatic rings. The lowest BCUT2D eigenvalue weighted by molar-refractivity contribution is -0.123. The highest BCUT2D eigenvalue weighted by molar-refractivity contribution is 7.92. The van der Waals surface area contributed by atoms with Crippen LogP contribution in [-0.2, 0) is 26.2 Å². The molecule has 2 aromatic rings. The summed E-state index contributed by atoms with van der Waals surface area (Å²) in [7, 11) is -3.50. The number of hydrogen-bond acceptors (Lipinski definition) is 4. The molecule has 0 radical (unpaired) electrons. The van der Waals surface area contributed by atoms with Crippen molar-refractivity contribution in [3.63, 3.8) is 0 Å². The van der Waals surface area contributed by atoms with Gasteiger partial charge in [-0.3, -0.25) is 9.52 Å². The minimum absolute atomic E-state index is 0.0510. The molecule has 1 aliphatic heterocycles. The second-order valence-electron chi connectivity index (χ2n) is 5.84. The van der Waals surface area contributed by atoms with E-state index in [1.807, 2.05) is 24.3 Å². The number of amides is 1. The van der Waals surface area contributed by atoms with Crippen LogP contribution >= 0.6 is 0 Å². The van der Waals surface area contributed by atoms with Gasteiger partial charge in [0.1, 0.15) is 0 Å². The van der Waals surface area contributed by atoms with Gasteiger partial charge in [-0.2, -0.15) is 0 Å². The Morgan fingerprint density at radius 1 is 1.08 bits per heavy atom. The number of ether oxygens (including phenoxy) is 1. The predicted octanol–water partition coefficient (Wildman–Crippen LogP) is 2.21. The molecule has 25 heavy (non-hydrogen) atoms. The number of anilines is 1. The molecule has 0 spiro atoms. The van der Waals surface area contributed by atoms with Crippen molar-refractivity contribution in [2.45, 2.75) is 19.1 Å². The molecule has 1 atom stereocenters. The fourth-order valence-corrected chi connectivity index (χ4v) is 3.70. The molecular formula is C18H20N2O4S. The van der Waals surface area contributed by atoms with E-state index in [9.17, 15) is 13.2 Å². The molecule has 1 heterocycles. The number of nitrogens with one attached hydrogen (secondary N) is 2. The number of carbonyl (C=O) groups excluding carboxylic acids is 1. The van der Waals surface area contributed by atoms with Crippen molar-refractivity contribution in [1.29, 1.82) is 0 Å². The standard InChI is InChI=1S/C18H20N2O4S/c21-18(12-17-16-9-5-4-6-14(16)13-24-17)19-10-11-25(22,23)20-15-7-2-1-3-8-15/h1-9,17,20H,10-13H2,(H,19,21). The van der Waals surface area contributed by atoms with E-state index in [-0.39, 0.29) is 30.7 Å². The summed E-state index contributed by atoms with van der Waals surface area (Å²) in [6.07, 6.45) is -0.0846. The van der Waals surface area contributed by atoms with Gasteiger partial charge in [0, 0.05) is 12.2 Å². The molecule has 6 nitrogen and oxygen atoms in total. The summed E-state index contributed by atoms with van der Waals surface area (Å²) in [5, 5.41) is 2.64. The van der Waals surface area contributed by atoms with E-state index in [1.165, 1.54) is 0 Å². The lowest BCUT2D eigenvalue weighted by Crippen LogP contribution is -2.31. The number of rotatable bonds is 7. The Labute approximate surface area is 147 Å². The first kappa shape index (κ1) is 17.4. The van der Waals surface area contributed by atoms with Gasteiger partial charge < -0.3 is 10.1 Å². The van der Waals surface area contributed by atoms with Crippen molar-refractivity contribution in [2.75, 3.05) is 17.0 Å². The van der Waals surface area contributed by atoms with Crippen molar-refractivity contribution in [3.8, 4) is 0 Å². The monoisotopic (exact) mass is 360 g/mol. The van der Waals surface area contributed by atoms with Crippen LogP contribution in [0.4, 0.5) is 5.69 Å². The number of para-hydroxylation sites is 1. The number of benzene rings is 2. The molecule has 0 aromatic heterocycles. The summed E-state index contributed by atoms with van der Waals surface area (Å²) >= 11 is 0. The van der Waals surface area contributed by atoms with Gasteiger partial charge in [0.05, 0.1) is 24.9 Å². The van der Waals surface area contributed by atoms with Crippen molar-refractivity contribution >= 4 is 21.6 Å². The van der Waals surface area contributed by atoms with Gasteiger partial charge in [0.15, 0.2) is 0 Å². The first-order valence-corrected chi connectivity index (χ1v) is 9.70. The smallest absolute Gasteiger partial charge is 0.234 e. The maximum atomic E-state index is 12.0. The summed E-state index contributed by atoms with van der Waals surface area (Å²) in [5.74, 6) is -0.410. The number of carbonyl (C=O) groups is 1. The van der Waals surface area contributed by atoms with Crippen LogP contribution in [0.15, 0.2) is 54.6 Å². The van der Waals surface area contributed by atoms with Crippen LogP contribution in [0.5, 0.6) is 0 Å². The summed E-state index contributed by atoms with van der Waals surface area (Å²) in [6, 6.07) is 16.4. The topological polar surface area (TPSA) is 84.5 Å². The van der Waals surface area contributed by atoms with Crippen molar-refractivity contribution < 1.29 is 17.9 Å². The van der Waals surface area contributed by atoms with E-state index in [1.54, 1.807) is 30.3 Å². The van der Waals surface area contributed by atoms with E-state index >= 15 is 0 Å². The van der Waals surface area contributed by atoms with Crippen LogP contribution in [0.25, 0.3) is 0 Å². The Morgan fingerprint density at radius 2 is 1.80 bits per heavy atom. The second-order valence-corrected chi connectivity index (χ2v) is 7.68. The highest BCUT2D eigenvalue weighted by Crippen LogP contribution is 2.32. The largest absolute Gasteiger partial charge is 0.368 e. The van der Waals surface area contributed by atoms with Crippen LogP contribution in [0.3, 0.4) is 0 Å². The third-order valence-corrected chi connectivity index (χ3v) is 5.24. The number of hydrogen-bond donors (Lipinski definition) is 2. The van der Waals surface area contributed by atoms with Crippen LogP contribution in [0.1, 0.15) is 23.7 Å². The van der Waals surface area contributed by atoms with Crippen LogP contribution in [0.2, 0.25) is 0 Å². The van der Waals surface area contributed by atoms with E-state index in [0.717, 1.165) is 11.1 Å². The average Bonchev–Trinajstić information content (AvgIpc) is 2.98. The van der Waals surface area contributed by atoms with Crippen LogP contribution in [0, 0.1) is 0 Å². The van der Waals surface area contributed by atoms with Gasteiger partial charge in [0.25, 0.3) is 0 Å². The van der Waals surface area contributed by atoms with E-state index in [4.69, 9.17) is 4.74 Å². The summed E-state index contributed by atoms with van der Waals surface area (Å²) < 4.78 is 32.1. The fraction of sp³-hybridized carbons (Fsp3) is 0.278. The molecule has 1 unspecified atom stereocenters. The van der Waals surface area contributed by atoms with Gasteiger partial charge >= 0.3 is 0 Å². The fourth-order valence-electron chi connectivity index (χ4n) is 2.73.